The van der Waals surface area contributed by atoms with Gasteiger partial charge in [0.15, 0.2) is 0 Å². The Kier molecular flexibility index (Phi) is 10.6. The second-order valence-corrected chi connectivity index (χ2v) is 4.15. The molecule has 1 rings (SSSR count). The summed E-state index contributed by atoms with van der Waals surface area (Å²) >= 11 is 0. The second-order valence-electron chi connectivity index (χ2n) is 4.15. The van der Waals surface area contributed by atoms with Gasteiger partial charge in [0.1, 0.15) is 0 Å². The van der Waals surface area contributed by atoms with Gasteiger partial charge in [0.25, 0.3) is 0 Å². The van der Waals surface area contributed by atoms with Crippen LogP contribution in [0, 0.1) is 5.92 Å². The molecule has 0 aliphatic carbocycles. The van der Waals surface area contributed by atoms with Crippen molar-refractivity contribution in [3.8, 4) is 0 Å². The highest BCUT2D eigenvalue weighted by atomic mass is 35.5. The predicted octanol–water partition coefficient (Wildman–Crippen LogP) is 2.17. The van der Waals surface area contributed by atoms with Crippen LogP contribution in [0.1, 0.15) is 26.7 Å². The molecule has 0 aromatic rings. The van der Waals surface area contributed by atoms with Crippen LogP contribution in [0.4, 0.5) is 0 Å². The highest BCUT2D eigenvalue weighted by Gasteiger charge is 2.18. The van der Waals surface area contributed by atoms with Crippen molar-refractivity contribution in [2.45, 2.75) is 32.7 Å². The molecule has 0 aromatic carbocycles. The average molecular weight is 243 g/mol. The summed E-state index contributed by atoms with van der Waals surface area (Å²) in [5.74, 6) is 0.746. The van der Waals surface area contributed by atoms with Crippen molar-refractivity contribution in [3.63, 3.8) is 0 Å². The molecule has 0 aromatic heterocycles. The first kappa shape index (κ1) is 16.9. The highest BCUT2D eigenvalue weighted by molar-refractivity contribution is 5.85. The van der Waals surface area contributed by atoms with E-state index < -0.39 is 0 Å². The van der Waals surface area contributed by atoms with E-state index in [-0.39, 0.29) is 24.8 Å². The van der Waals surface area contributed by atoms with Crippen molar-refractivity contribution >= 4 is 24.8 Å². The van der Waals surface area contributed by atoms with Crippen LogP contribution in [0.25, 0.3) is 0 Å². The fraction of sp³-hybridized carbons (Fsp3) is 1.00. The maximum atomic E-state index is 3.39. The normalized spacial score (nSPS) is 18.9. The van der Waals surface area contributed by atoms with Gasteiger partial charge in [-0.05, 0) is 38.9 Å². The maximum absolute atomic E-state index is 3.39. The van der Waals surface area contributed by atoms with E-state index in [1.54, 1.807) is 0 Å². The Morgan fingerprint density at radius 1 is 1.14 bits per heavy atom. The minimum atomic E-state index is 0. The first-order valence-corrected chi connectivity index (χ1v) is 5.13. The summed E-state index contributed by atoms with van der Waals surface area (Å²) in [6, 6.07) is 0.670. The number of hydrogen-bond donors (Lipinski definition) is 1. The minimum Gasteiger partial charge on any atom is -0.315 e. The Hall–Kier alpha value is 0.500. The molecule has 1 aliphatic heterocycles. The van der Waals surface area contributed by atoms with Crippen molar-refractivity contribution in [2.24, 2.45) is 5.92 Å². The quantitative estimate of drug-likeness (QED) is 0.814. The van der Waals surface area contributed by atoms with Gasteiger partial charge in [-0.3, -0.25) is 0 Å². The third kappa shape index (κ3) is 5.40. The van der Waals surface area contributed by atoms with E-state index in [1.807, 2.05) is 0 Å². The number of nitrogens with zero attached hydrogens (tertiary/aromatic N) is 1. The van der Waals surface area contributed by atoms with E-state index in [2.05, 4.69) is 31.1 Å². The van der Waals surface area contributed by atoms with Crippen molar-refractivity contribution in [1.82, 2.24) is 10.2 Å². The van der Waals surface area contributed by atoms with Crippen LogP contribution in [0.3, 0.4) is 0 Å². The molecule has 0 radical (unpaired) electrons. The fourth-order valence-electron chi connectivity index (χ4n) is 1.88. The van der Waals surface area contributed by atoms with Gasteiger partial charge in [-0.25, -0.2) is 0 Å². The van der Waals surface area contributed by atoms with Gasteiger partial charge in [0.2, 0.25) is 0 Å². The maximum Gasteiger partial charge on any atom is 0.0214 e. The van der Waals surface area contributed by atoms with E-state index in [4.69, 9.17) is 0 Å². The lowest BCUT2D eigenvalue weighted by atomic mass is 10.0. The van der Waals surface area contributed by atoms with E-state index in [9.17, 15) is 0 Å². The lowest BCUT2D eigenvalue weighted by molar-refractivity contribution is 0.263. The van der Waals surface area contributed by atoms with Crippen LogP contribution in [0.2, 0.25) is 0 Å². The molecule has 4 heteroatoms. The fourth-order valence-corrected chi connectivity index (χ4v) is 1.88. The number of nitrogens with one attached hydrogen (secondary N) is 1. The highest BCUT2D eigenvalue weighted by Crippen LogP contribution is 2.10. The number of likely N-dealkylation sites (N-methyl/N-ethyl adjacent to an activating group) is 1. The summed E-state index contributed by atoms with van der Waals surface area (Å²) in [4.78, 5) is 2.57. The summed E-state index contributed by atoms with van der Waals surface area (Å²) in [5.41, 5.74) is 0. The van der Waals surface area contributed by atoms with Crippen LogP contribution in [0.15, 0.2) is 0 Å². The van der Waals surface area contributed by atoms with Gasteiger partial charge in [0.05, 0.1) is 0 Å². The Balaban J connectivity index is 0. The molecule has 1 N–H and O–H groups in total. The summed E-state index contributed by atoms with van der Waals surface area (Å²) in [5, 5.41) is 3.39. The molecule has 1 fully saturated rings. The zero-order valence-corrected chi connectivity index (χ0v) is 11.1. The molecular formula is C10H24Cl2N2. The molecule has 1 heterocycles. The van der Waals surface area contributed by atoms with E-state index in [0.717, 1.165) is 5.92 Å². The number of rotatable bonds is 4. The smallest absolute Gasteiger partial charge is 0.0214 e. The predicted molar refractivity (Wildman–Crippen MR) is 67.9 cm³/mol. The topological polar surface area (TPSA) is 15.3 Å². The number of hydrogen-bond acceptors (Lipinski definition) is 2. The summed E-state index contributed by atoms with van der Waals surface area (Å²) < 4.78 is 0. The Bertz CT molecular complexity index is 125. The average Bonchev–Trinajstić information content (AvgIpc) is 2.51. The van der Waals surface area contributed by atoms with Gasteiger partial charge in [-0.1, -0.05) is 13.8 Å². The largest absolute Gasteiger partial charge is 0.315 e. The van der Waals surface area contributed by atoms with Crippen LogP contribution in [-0.2, 0) is 0 Å². The number of likely N-dealkylation sites (tertiary alicyclic amines) is 1. The summed E-state index contributed by atoms with van der Waals surface area (Å²) in [6.07, 6.45) is 2.79. The Morgan fingerprint density at radius 2 is 1.64 bits per heavy atom. The molecule has 0 bridgehead atoms. The van der Waals surface area contributed by atoms with E-state index in [1.165, 1.54) is 32.5 Å². The third-order valence-corrected chi connectivity index (χ3v) is 2.83. The molecule has 1 atom stereocenters. The zero-order valence-electron chi connectivity index (χ0n) is 9.45. The van der Waals surface area contributed by atoms with Crippen LogP contribution in [0.5, 0.6) is 0 Å². The molecule has 0 saturated carbocycles. The molecule has 14 heavy (non-hydrogen) atoms. The lowest BCUT2D eigenvalue weighted by Crippen LogP contribution is -2.41. The molecular weight excluding hydrogens is 219 g/mol. The van der Waals surface area contributed by atoms with Crippen molar-refractivity contribution in [2.75, 3.05) is 26.7 Å². The van der Waals surface area contributed by atoms with Gasteiger partial charge in [0, 0.05) is 12.6 Å². The monoisotopic (exact) mass is 242 g/mol. The first-order chi connectivity index (χ1) is 5.74. The molecule has 0 spiro atoms. The van der Waals surface area contributed by atoms with Crippen LogP contribution >= 0.6 is 24.8 Å². The third-order valence-electron chi connectivity index (χ3n) is 2.83. The van der Waals surface area contributed by atoms with Crippen molar-refractivity contribution < 1.29 is 0 Å². The molecule has 2 nitrogen and oxygen atoms in total. The standard InChI is InChI=1S/C10H22N2.2ClH/c1-9(2)10(11-3)8-12-6-4-5-7-12;;/h9-11H,4-8H2,1-3H3;2*1H. The first-order valence-electron chi connectivity index (χ1n) is 5.13. The van der Waals surface area contributed by atoms with E-state index >= 15 is 0 Å². The van der Waals surface area contributed by atoms with Crippen molar-refractivity contribution in [3.05, 3.63) is 0 Å². The molecule has 0 amide bonds. The summed E-state index contributed by atoms with van der Waals surface area (Å²) in [6.45, 7) is 8.43. The van der Waals surface area contributed by atoms with E-state index in [0.29, 0.717) is 6.04 Å². The van der Waals surface area contributed by atoms with Gasteiger partial charge < -0.3 is 10.2 Å². The molecule has 1 aliphatic rings. The Labute approximate surface area is 101 Å². The van der Waals surface area contributed by atoms with Crippen molar-refractivity contribution in [1.29, 1.82) is 0 Å². The van der Waals surface area contributed by atoms with Crippen LogP contribution < -0.4 is 5.32 Å². The second kappa shape index (κ2) is 8.78. The van der Waals surface area contributed by atoms with Gasteiger partial charge in [-0.15, -0.1) is 24.8 Å². The molecule has 88 valence electrons. The SMILES string of the molecule is CNC(CN1CCCC1)C(C)C.Cl.Cl. The number of halogens is 2. The van der Waals surface area contributed by atoms with Gasteiger partial charge >= 0.3 is 0 Å². The van der Waals surface area contributed by atoms with Crippen LogP contribution in [-0.4, -0.2) is 37.6 Å². The molecule has 1 unspecified atom stereocenters. The minimum absolute atomic E-state index is 0. The zero-order chi connectivity index (χ0) is 8.97. The summed E-state index contributed by atoms with van der Waals surface area (Å²) in [7, 11) is 2.07. The van der Waals surface area contributed by atoms with Gasteiger partial charge in [-0.2, -0.15) is 0 Å². The lowest BCUT2D eigenvalue weighted by Gasteiger charge is -2.25. The Morgan fingerprint density at radius 3 is 2.00 bits per heavy atom. The molecule has 1 saturated heterocycles.